The lowest BCUT2D eigenvalue weighted by atomic mass is 9.47. The van der Waals surface area contributed by atoms with Crippen molar-refractivity contribution in [3.63, 3.8) is 0 Å². The van der Waals surface area contributed by atoms with Crippen molar-refractivity contribution in [2.45, 2.75) is 76.6 Å². The first-order chi connectivity index (χ1) is 12.3. The number of rotatable bonds is 0. The van der Waals surface area contributed by atoms with Crippen molar-refractivity contribution in [2.75, 3.05) is 0 Å². The second kappa shape index (κ2) is 5.23. The maximum atomic E-state index is 11.9. The minimum Gasteiger partial charge on any atom is -0.458 e. The molecule has 0 amide bonds. The van der Waals surface area contributed by atoms with Gasteiger partial charge in [-0.1, -0.05) is 32.1 Å². The summed E-state index contributed by atoms with van der Waals surface area (Å²) in [6, 6.07) is 0. The average molecular weight is 358 g/mol. The van der Waals surface area contributed by atoms with E-state index in [-0.39, 0.29) is 34.4 Å². The number of carbonyl (C=O) groups is 1. The number of allylic oxidation sites excluding steroid dienone is 3. The Labute approximate surface area is 155 Å². The SMILES string of the molecule is CC12CCC(O)C=C1C=CC1C2C(O)CC2(C)C1CC[C@@]21CCC(=O)O1. The Morgan fingerprint density at radius 2 is 1.96 bits per heavy atom. The van der Waals surface area contributed by atoms with Crippen LogP contribution in [0.4, 0.5) is 0 Å². The van der Waals surface area contributed by atoms with Crippen LogP contribution in [0.3, 0.4) is 0 Å². The molecule has 2 N–H and O–H groups in total. The van der Waals surface area contributed by atoms with Gasteiger partial charge >= 0.3 is 5.97 Å². The topological polar surface area (TPSA) is 66.8 Å². The summed E-state index contributed by atoms with van der Waals surface area (Å²) in [6.45, 7) is 4.53. The number of carbonyl (C=O) groups excluding carboxylic acids is 1. The molecule has 142 valence electrons. The first-order valence-corrected chi connectivity index (χ1v) is 10.3. The monoisotopic (exact) mass is 358 g/mol. The lowest BCUT2D eigenvalue weighted by Crippen LogP contribution is -2.58. The molecule has 0 aromatic heterocycles. The smallest absolute Gasteiger partial charge is 0.306 e. The molecule has 4 nitrogen and oxygen atoms in total. The van der Waals surface area contributed by atoms with E-state index < -0.39 is 6.10 Å². The summed E-state index contributed by atoms with van der Waals surface area (Å²) in [5.74, 6) is 0.890. The van der Waals surface area contributed by atoms with Crippen LogP contribution in [0, 0.1) is 28.6 Å². The second-order valence-corrected chi connectivity index (χ2v) is 9.91. The summed E-state index contributed by atoms with van der Waals surface area (Å²) in [7, 11) is 0. The Bertz CT molecular complexity index is 711. The first-order valence-electron chi connectivity index (χ1n) is 10.3. The number of hydrogen-bond acceptors (Lipinski definition) is 4. The van der Waals surface area contributed by atoms with E-state index in [0.717, 1.165) is 32.1 Å². The van der Waals surface area contributed by atoms with Gasteiger partial charge in [-0.3, -0.25) is 4.79 Å². The van der Waals surface area contributed by atoms with Gasteiger partial charge in [-0.2, -0.15) is 0 Å². The number of aliphatic hydroxyl groups excluding tert-OH is 2. The number of fused-ring (bicyclic) bond motifs is 6. The Kier molecular flexibility index (Phi) is 3.42. The normalized spacial score (nSPS) is 55.2. The molecule has 3 fully saturated rings. The van der Waals surface area contributed by atoms with Gasteiger partial charge in [-0.15, -0.1) is 0 Å². The average Bonchev–Trinajstić information content (AvgIpc) is 3.09. The van der Waals surface area contributed by atoms with E-state index in [1.54, 1.807) is 0 Å². The standard InChI is InChI=1S/C22H30O4/c1-20-8-5-14(23)11-13(20)3-4-15-16-6-9-22(10-7-18(25)26-22)21(16,2)12-17(24)19(15)20/h3-4,11,14-17,19,23-24H,5-10,12H2,1-2H3/t14?,15?,16?,17?,19?,20?,21?,22-/m1/s1. The largest absolute Gasteiger partial charge is 0.458 e. The quantitative estimate of drug-likeness (QED) is 0.653. The molecule has 7 unspecified atom stereocenters. The van der Waals surface area contributed by atoms with Crippen LogP contribution in [0.2, 0.25) is 0 Å². The Morgan fingerprint density at radius 3 is 2.69 bits per heavy atom. The van der Waals surface area contributed by atoms with E-state index >= 15 is 0 Å². The van der Waals surface area contributed by atoms with Crippen LogP contribution in [-0.2, 0) is 9.53 Å². The highest BCUT2D eigenvalue weighted by atomic mass is 16.6. The van der Waals surface area contributed by atoms with E-state index in [1.807, 2.05) is 6.08 Å². The molecule has 0 aromatic carbocycles. The van der Waals surface area contributed by atoms with Gasteiger partial charge in [0.05, 0.1) is 12.2 Å². The van der Waals surface area contributed by atoms with Gasteiger partial charge < -0.3 is 14.9 Å². The molecule has 0 bridgehead atoms. The molecule has 1 spiro atoms. The maximum absolute atomic E-state index is 11.9. The van der Waals surface area contributed by atoms with Crippen LogP contribution in [0.25, 0.3) is 0 Å². The zero-order valence-corrected chi connectivity index (χ0v) is 15.8. The number of ether oxygens (including phenoxy) is 1. The van der Waals surface area contributed by atoms with Crippen LogP contribution >= 0.6 is 0 Å². The minimum absolute atomic E-state index is 0.0680. The summed E-state index contributed by atoms with van der Waals surface area (Å²) in [5, 5.41) is 21.4. The summed E-state index contributed by atoms with van der Waals surface area (Å²) in [4.78, 5) is 11.9. The predicted octanol–water partition coefficient (Wildman–Crippen LogP) is 3.13. The molecule has 8 atom stereocenters. The Morgan fingerprint density at radius 1 is 1.15 bits per heavy atom. The zero-order valence-electron chi connectivity index (χ0n) is 15.8. The van der Waals surface area contributed by atoms with Crippen molar-refractivity contribution in [1.29, 1.82) is 0 Å². The summed E-state index contributed by atoms with van der Waals surface area (Å²) in [6.07, 6.45) is 11.5. The fraction of sp³-hybridized carbons (Fsp3) is 0.773. The third-order valence-corrected chi connectivity index (χ3v) is 8.91. The lowest BCUT2D eigenvalue weighted by molar-refractivity contribution is -0.177. The minimum atomic E-state index is -0.399. The zero-order chi connectivity index (χ0) is 18.3. The van der Waals surface area contributed by atoms with Gasteiger partial charge in [0, 0.05) is 17.8 Å². The molecule has 4 aliphatic carbocycles. The van der Waals surface area contributed by atoms with Crippen molar-refractivity contribution < 1.29 is 19.7 Å². The fourth-order valence-corrected chi connectivity index (χ4v) is 7.55. The second-order valence-electron chi connectivity index (χ2n) is 9.91. The van der Waals surface area contributed by atoms with Crippen molar-refractivity contribution in [3.8, 4) is 0 Å². The van der Waals surface area contributed by atoms with Gasteiger partial charge in [0.1, 0.15) is 5.60 Å². The van der Waals surface area contributed by atoms with Crippen LogP contribution in [-0.4, -0.2) is 34.0 Å². The highest BCUT2D eigenvalue weighted by molar-refractivity contribution is 5.72. The molecule has 2 saturated carbocycles. The van der Waals surface area contributed by atoms with Crippen LogP contribution in [0.15, 0.2) is 23.8 Å². The molecule has 0 aromatic rings. The molecule has 0 radical (unpaired) electrons. The Hall–Kier alpha value is -1.13. The third kappa shape index (κ3) is 1.95. The first kappa shape index (κ1) is 17.0. The summed E-state index contributed by atoms with van der Waals surface area (Å²) < 4.78 is 5.94. The molecule has 4 heteroatoms. The molecule has 5 aliphatic rings. The molecular weight excluding hydrogens is 328 g/mol. The summed E-state index contributed by atoms with van der Waals surface area (Å²) in [5.41, 5.74) is 0.617. The van der Waals surface area contributed by atoms with Crippen LogP contribution < -0.4 is 0 Å². The molecule has 1 saturated heterocycles. The number of esters is 1. The van der Waals surface area contributed by atoms with Gasteiger partial charge in [-0.05, 0) is 61.3 Å². The lowest BCUT2D eigenvalue weighted by Gasteiger charge is -2.59. The fourth-order valence-electron chi connectivity index (χ4n) is 7.55. The summed E-state index contributed by atoms with van der Waals surface area (Å²) >= 11 is 0. The van der Waals surface area contributed by atoms with E-state index in [1.165, 1.54) is 5.57 Å². The van der Waals surface area contributed by atoms with Crippen molar-refractivity contribution in [1.82, 2.24) is 0 Å². The van der Waals surface area contributed by atoms with Gasteiger partial charge in [0.2, 0.25) is 0 Å². The van der Waals surface area contributed by atoms with Crippen molar-refractivity contribution >= 4 is 5.97 Å². The molecule has 1 aliphatic heterocycles. The van der Waals surface area contributed by atoms with Crippen molar-refractivity contribution in [2.24, 2.45) is 28.6 Å². The molecule has 1 heterocycles. The molecule has 26 heavy (non-hydrogen) atoms. The van der Waals surface area contributed by atoms with Crippen molar-refractivity contribution in [3.05, 3.63) is 23.8 Å². The van der Waals surface area contributed by atoms with Gasteiger partial charge in [0.25, 0.3) is 0 Å². The third-order valence-electron chi connectivity index (χ3n) is 8.91. The molecular formula is C22H30O4. The van der Waals surface area contributed by atoms with E-state index in [2.05, 4.69) is 26.0 Å². The van der Waals surface area contributed by atoms with Gasteiger partial charge in [-0.25, -0.2) is 0 Å². The molecule has 5 rings (SSSR count). The number of aliphatic hydroxyl groups is 2. The van der Waals surface area contributed by atoms with Crippen LogP contribution in [0.1, 0.15) is 58.8 Å². The van der Waals surface area contributed by atoms with Crippen LogP contribution in [0.5, 0.6) is 0 Å². The van der Waals surface area contributed by atoms with Gasteiger partial charge in [0.15, 0.2) is 0 Å². The van der Waals surface area contributed by atoms with E-state index in [4.69, 9.17) is 4.74 Å². The van der Waals surface area contributed by atoms with E-state index in [9.17, 15) is 15.0 Å². The maximum Gasteiger partial charge on any atom is 0.306 e. The Balaban J connectivity index is 1.57. The predicted molar refractivity (Wildman–Crippen MR) is 97.1 cm³/mol. The van der Waals surface area contributed by atoms with E-state index in [0.29, 0.717) is 24.7 Å². The highest BCUT2D eigenvalue weighted by Gasteiger charge is 2.68. The highest BCUT2D eigenvalue weighted by Crippen LogP contribution is 2.68. The number of hydrogen-bond donors (Lipinski definition) is 2.